The van der Waals surface area contributed by atoms with E-state index in [1.54, 1.807) is 18.6 Å². The Labute approximate surface area is 81.0 Å². The molecule has 2 heterocycles. The van der Waals surface area contributed by atoms with Gasteiger partial charge in [-0.15, -0.1) is 0 Å². The van der Waals surface area contributed by atoms with Gasteiger partial charge in [0.05, 0.1) is 0 Å². The van der Waals surface area contributed by atoms with E-state index in [1.165, 1.54) is 6.92 Å². The Morgan fingerprint density at radius 1 is 1.21 bits per heavy atom. The van der Waals surface area contributed by atoms with Crippen molar-refractivity contribution in [1.82, 2.24) is 15.0 Å². The van der Waals surface area contributed by atoms with E-state index in [0.717, 1.165) is 5.56 Å². The third-order valence-electron chi connectivity index (χ3n) is 2.13. The molecule has 2 aromatic rings. The Balaban J connectivity index is 2.81. The standard InChI is InChI=1S/C10H9N3O/c1-6-8(7(2)14)5-13-10-9(6)11-3-4-12-10/h3-5H,1-2H3. The van der Waals surface area contributed by atoms with Gasteiger partial charge in [0.25, 0.3) is 0 Å². The molecule has 2 aromatic heterocycles. The van der Waals surface area contributed by atoms with Crippen molar-refractivity contribution in [3.8, 4) is 0 Å². The summed E-state index contributed by atoms with van der Waals surface area (Å²) in [5, 5.41) is 0. The fraction of sp³-hybridized carbons (Fsp3) is 0.200. The summed E-state index contributed by atoms with van der Waals surface area (Å²) >= 11 is 0. The number of fused-ring (bicyclic) bond motifs is 1. The Hall–Kier alpha value is -1.84. The summed E-state index contributed by atoms with van der Waals surface area (Å²) in [6.45, 7) is 3.38. The van der Waals surface area contributed by atoms with Gasteiger partial charge in [0.15, 0.2) is 11.4 Å². The normalized spacial score (nSPS) is 10.4. The maximum Gasteiger partial charge on any atom is 0.178 e. The van der Waals surface area contributed by atoms with Gasteiger partial charge in [-0.25, -0.2) is 9.97 Å². The van der Waals surface area contributed by atoms with Gasteiger partial charge >= 0.3 is 0 Å². The van der Waals surface area contributed by atoms with Crippen molar-refractivity contribution < 1.29 is 4.79 Å². The second-order valence-corrected chi connectivity index (χ2v) is 3.08. The number of carbonyl (C=O) groups is 1. The zero-order valence-corrected chi connectivity index (χ0v) is 7.98. The lowest BCUT2D eigenvalue weighted by molar-refractivity contribution is 0.101. The van der Waals surface area contributed by atoms with E-state index in [9.17, 15) is 4.79 Å². The van der Waals surface area contributed by atoms with Crippen molar-refractivity contribution in [3.63, 3.8) is 0 Å². The number of aromatic nitrogens is 3. The van der Waals surface area contributed by atoms with Gasteiger partial charge in [-0.2, -0.15) is 0 Å². The van der Waals surface area contributed by atoms with E-state index in [2.05, 4.69) is 15.0 Å². The predicted molar refractivity (Wildman–Crippen MR) is 52.1 cm³/mol. The van der Waals surface area contributed by atoms with Crippen LogP contribution in [0.1, 0.15) is 22.8 Å². The SMILES string of the molecule is CC(=O)c1cnc2nccnc2c1C. The van der Waals surface area contributed by atoms with Crippen LogP contribution in [0.5, 0.6) is 0 Å². The van der Waals surface area contributed by atoms with Crippen LogP contribution in [-0.2, 0) is 0 Å². The first-order valence-corrected chi connectivity index (χ1v) is 4.27. The summed E-state index contributed by atoms with van der Waals surface area (Å²) in [6, 6.07) is 0. The number of ketones is 1. The maximum absolute atomic E-state index is 11.2. The summed E-state index contributed by atoms with van der Waals surface area (Å²) in [7, 11) is 0. The number of pyridine rings is 1. The topological polar surface area (TPSA) is 55.7 Å². The second kappa shape index (κ2) is 3.14. The van der Waals surface area contributed by atoms with Gasteiger partial charge in [0.2, 0.25) is 0 Å². The molecule has 2 rings (SSSR count). The molecule has 0 aliphatic carbocycles. The lowest BCUT2D eigenvalue weighted by Crippen LogP contribution is -2.00. The molecule has 0 aliphatic heterocycles. The zero-order chi connectivity index (χ0) is 10.1. The molecule has 70 valence electrons. The first-order chi connectivity index (χ1) is 6.70. The highest BCUT2D eigenvalue weighted by atomic mass is 16.1. The summed E-state index contributed by atoms with van der Waals surface area (Å²) in [5.41, 5.74) is 2.73. The minimum absolute atomic E-state index is 0.00236. The van der Waals surface area contributed by atoms with Crippen LogP contribution in [0.15, 0.2) is 18.6 Å². The molecule has 0 aliphatic rings. The summed E-state index contributed by atoms with van der Waals surface area (Å²) in [5.74, 6) is 0.00236. The average molecular weight is 187 g/mol. The molecule has 0 fully saturated rings. The molecule has 4 nitrogen and oxygen atoms in total. The van der Waals surface area contributed by atoms with E-state index in [-0.39, 0.29) is 5.78 Å². The molecule has 0 spiro atoms. The van der Waals surface area contributed by atoms with E-state index in [4.69, 9.17) is 0 Å². The van der Waals surface area contributed by atoms with Crippen LogP contribution < -0.4 is 0 Å². The highest BCUT2D eigenvalue weighted by molar-refractivity contribution is 5.98. The third kappa shape index (κ3) is 1.25. The van der Waals surface area contributed by atoms with Crippen LogP contribution in [0.2, 0.25) is 0 Å². The molecule has 14 heavy (non-hydrogen) atoms. The number of hydrogen-bond acceptors (Lipinski definition) is 4. The predicted octanol–water partition coefficient (Wildman–Crippen LogP) is 1.54. The fourth-order valence-corrected chi connectivity index (χ4v) is 1.39. The molecule has 0 radical (unpaired) electrons. The van der Waals surface area contributed by atoms with Gasteiger partial charge in [0.1, 0.15) is 5.52 Å². The molecule has 0 N–H and O–H groups in total. The lowest BCUT2D eigenvalue weighted by atomic mass is 10.1. The van der Waals surface area contributed by atoms with Crippen LogP contribution in [0.25, 0.3) is 11.2 Å². The Kier molecular flexibility index (Phi) is 1.96. The summed E-state index contributed by atoms with van der Waals surface area (Å²) in [6.07, 6.45) is 4.73. The molecule has 0 unspecified atom stereocenters. The summed E-state index contributed by atoms with van der Waals surface area (Å²) in [4.78, 5) is 23.5. The third-order valence-corrected chi connectivity index (χ3v) is 2.13. The maximum atomic E-state index is 11.2. The van der Waals surface area contributed by atoms with Crippen molar-refractivity contribution >= 4 is 16.9 Å². The summed E-state index contributed by atoms with van der Waals surface area (Å²) < 4.78 is 0. The quantitative estimate of drug-likeness (QED) is 0.635. The van der Waals surface area contributed by atoms with Crippen molar-refractivity contribution in [2.75, 3.05) is 0 Å². The molecule has 0 bridgehead atoms. The second-order valence-electron chi connectivity index (χ2n) is 3.08. The van der Waals surface area contributed by atoms with E-state index < -0.39 is 0 Å². The molecular formula is C10H9N3O. The number of carbonyl (C=O) groups excluding carboxylic acids is 1. The Morgan fingerprint density at radius 3 is 2.64 bits per heavy atom. The molecule has 0 saturated carbocycles. The minimum Gasteiger partial charge on any atom is -0.294 e. The first kappa shape index (κ1) is 8.74. The fourth-order valence-electron chi connectivity index (χ4n) is 1.39. The van der Waals surface area contributed by atoms with Crippen molar-refractivity contribution in [2.45, 2.75) is 13.8 Å². The molecular weight excluding hydrogens is 178 g/mol. The van der Waals surface area contributed by atoms with Crippen LogP contribution in [0, 0.1) is 6.92 Å². The van der Waals surface area contributed by atoms with Crippen LogP contribution >= 0.6 is 0 Å². The lowest BCUT2D eigenvalue weighted by Gasteiger charge is -2.03. The van der Waals surface area contributed by atoms with Crippen molar-refractivity contribution in [1.29, 1.82) is 0 Å². The zero-order valence-electron chi connectivity index (χ0n) is 7.98. The van der Waals surface area contributed by atoms with Crippen molar-refractivity contribution in [3.05, 3.63) is 29.7 Å². The van der Waals surface area contributed by atoms with E-state index in [0.29, 0.717) is 16.7 Å². The number of aryl methyl sites for hydroxylation is 1. The number of rotatable bonds is 1. The van der Waals surface area contributed by atoms with Crippen LogP contribution in [0.3, 0.4) is 0 Å². The molecule has 0 atom stereocenters. The Bertz CT molecular complexity index is 508. The average Bonchev–Trinajstić information content (AvgIpc) is 2.18. The van der Waals surface area contributed by atoms with Gasteiger partial charge < -0.3 is 0 Å². The number of nitrogens with zero attached hydrogens (tertiary/aromatic N) is 3. The first-order valence-electron chi connectivity index (χ1n) is 4.27. The smallest absolute Gasteiger partial charge is 0.178 e. The number of hydrogen-bond donors (Lipinski definition) is 0. The van der Waals surface area contributed by atoms with Gasteiger partial charge in [-0.3, -0.25) is 9.78 Å². The van der Waals surface area contributed by atoms with E-state index >= 15 is 0 Å². The molecule has 0 saturated heterocycles. The largest absolute Gasteiger partial charge is 0.294 e. The van der Waals surface area contributed by atoms with E-state index in [1.807, 2.05) is 6.92 Å². The van der Waals surface area contributed by atoms with Crippen molar-refractivity contribution in [2.24, 2.45) is 0 Å². The van der Waals surface area contributed by atoms with Gasteiger partial charge in [-0.05, 0) is 19.4 Å². The van der Waals surface area contributed by atoms with Gasteiger partial charge in [-0.1, -0.05) is 0 Å². The van der Waals surface area contributed by atoms with Gasteiger partial charge in [0, 0.05) is 24.2 Å². The monoisotopic (exact) mass is 187 g/mol. The molecule has 0 aromatic carbocycles. The van der Waals surface area contributed by atoms with Crippen LogP contribution in [0.4, 0.5) is 0 Å². The molecule has 0 amide bonds. The highest BCUT2D eigenvalue weighted by Gasteiger charge is 2.09. The minimum atomic E-state index is 0.00236. The van der Waals surface area contributed by atoms with Crippen LogP contribution in [-0.4, -0.2) is 20.7 Å². The highest BCUT2D eigenvalue weighted by Crippen LogP contribution is 2.15. The molecule has 4 heteroatoms. The Morgan fingerprint density at radius 2 is 1.93 bits per heavy atom. The number of Topliss-reactive ketones (excluding diaryl/α,β-unsaturated/α-hetero) is 1.